The van der Waals surface area contributed by atoms with Gasteiger partial charge in [0.15, 0.2) is 0 Å². The molecule has 1 atom stereocenters. The van der Waals surface area contributed by atoms with Crippen LogP contribution in [0.5, 0.6) is 0 Å². The summed E-state index contributed by atoms with van der Waals surface area (Å²) in [6.07, 6.45) is 0. The molecule has 1 N–H and O–H groups in total. The molecule has 2 aromatic rings. The third-order valence-corrected chi connectivity index (χ3v) is 3.44. The second-order valence-corrected chi connectivity index (χ2v) is 5.26. The second-order valence-electron chi connectivity index (χ2n) is 4.35. The van der Waals surface area contributed by atoms with Crippen molar-refractivity contribution in [2.24, 2.45) is 0 Å². The Morgan fingerprint density at radius 1 is 1.17 bits per heavy atom. The predicted molar refractivity (Wildman–Crippen MR) is 77.3 cm³/mol. The molecule has 2 aromatic carbocycles. The Hall–Kier alpha value is -1.35. The first-order valence-corrected chi connectivity index (χ1v) is 6.64. The van der Waals surface area contributed by atoms with Crippen molar-refractivity contribution in [1.29, 1.82) is 0 Å². The largest absolute Gasteiger partial charge is 0.378 e. The van der Waals surface area contributed by atoms with E-state index in [-0.39, 0.29) is 11.9 Å². The molecule has 0 saturated carbocycles. The predicted octanol–water partition coefficient (Wildman–Crippen LogP) is 5.07. The molecule has 0 radical (unpaired) electrons. The molecule has 18 heavy (non-hydrogen) atoms. The van der Waals surface area contributed by atoms with Crippen LogP contribution >= 0.6 is 15.9 Å². The Balaban J connectivity index is 2.22. The minimum Gasteiger partial charge on any atom is -0.378 e. The molecule has 0 aliphatic carbocycles. The monoisotopic (exact) mass is 307 g/mol. The van der Waals surface area contributed by atoms with E-state index >= 15 is 0 Å². The van der Waals surface area contributed by atoms with Crippen LogP contribution in [0.2, 0.25) is 0 Å². The van der Waals surface area contributed by atoms with Crippen LogP contribution in [0, 0.1) is 12.7 Å². The van der Waals surface area contributed by atoms with Gasteiger partial charge in [-0.3, -0.25) is 0 Å². The van der Waals surface area contributed by atoms with Crippen LogP contribution in [0.25, 0.3) is 0 Å². The molecule has 3 heteroatoms. The highest BCUT2D eigenvalue weighted by Gasteiger charge is 2.11. The SMILES string of the molecule is Cc1ccccc1NC(C)c1ccc(Br)cc1F. The van der Waals surface area contributed by atoms with Crippen LogP contribution in [-0.2, 0) is 0 Å². The Morgan fingerprint density at radius 2 is 1.89 bits per heavy atom. The van der Waals surface area contributed by atoms with Gasteiger partial charge < -0.3 is 5.32 Å². The van der Waals surface area contributed by atoms with Gasteiger partial charge in [0.1, 0.15) is 5.82 Å². The summed E-state index contributed by atoms with van der Waals surface area (Å²) in [7, 11) is 0. The molecule has 0 amide bonds. The summed E-state index contributed by atoms with van der Waals surface area (Å²) in [6.45, 7) is 3.99. The molecule has 1 nitrogen and oxygen atoms in total. The summed E-state index contributed by atoms with van der Waals surface area (Å²) in [5, 5.41) is 3.33. The normalized spacial score (nSPS) is 12.2. The van der Waals surface area contributed by atoms with Gasteiger partial charge in [-0.05, 0) is 37.6 Å². The fraction of sp³-hybridized carbons (Fsp3) is 0.200. The van der Waals surface area contributed by atoms with Crippen molar-refractivity contribution in [3.05, 3.63) is 63.9 Å². The van der Waals surface area contributed by atoms with E-state index in [2.05, 4.69) is 21.2 Å². The lowest BCUT2D eigenvalue weighted by molar-refractivity contribution is 0.599. The number of aryl methyl sites for hydroxylation is 1. The maximum atomic E-state index is 13.8. The van der Waals surface area contributed by atoms with Crippen molar-refractivity contribution in [2.75, 3.05) is 5.32 Å². The first-order valence-electron chi connectivity index (χ1n) is 5.85. The van der Waals surface area contributed by atoms with Crippen molar-refractivity contribution in [3.8, 4) is 0 Å². The first-order chi connectivity index (χ1) is 8.58. The zero-order valence-corrected chi connectivity index (χ0v) is 12.0. The summed E-state index contributed by atoms with van der Waals surface area (Å²) in [5.74, 6) is -0.196. The van der Waals surface area contributed by atoms with E-state index in [1.165, 1.54) is 6.07 Å². The molecule has 1 unspecified atom stereocenters. The maximum absolute atomic E-state index is 13.8. The fourth-order valence-electron chi connectivity index (χ4n) is 1.90. The highest BCUT2D eigenvalue weighted by atomic mass is 79.9. The summed E-state index contributed by atoms with van der Waals surface area (Å²) in [6, 6.07) is 13.1. The third-order valence-electron chi connectivity index (χ3n) is 2.95. The van der Waals surface area contributed by atoms with E-state index < -0.39 is 0 Å². The molecule has 2 rings (SSSR count). The lowest BCUT2D eigenvalue weighted by atomic mass is 10.1. The van der Waals surface area contributed by atoms with E-state index in [1.807, 2.05) is 44.2 Å². The Morgan fingerprint density at radius 3 is 2.56 bits per heavy atom. The van der Waals surface area contributed by atoms with Crippen LogP contribution in [0.4, 0.5) is 10.1 Å². The lowest BCUT2D eigenvalue weighted by Crippen LogP contribution is -2.09. The van der Waals surface area contributed by atoms with Crippen molar-refractivity contribution in [3.63, 3.8) is 0 Å². The van der Waals surface area contributed by atoms with E-state index in [0.29, 0.717) is 5.56 Å². The molecular formula is C15H15BrFN. The van der Waals surface area contributed by atoms with E-state index in [0.717, 1.165) is 15.7 Å². The average molecular weight is 308 g/mol. The number of benzene rings is 2. The number of rotatable bonds is 3. The van der Waals surface area contributed by atoms with Gasteiger partial charge in [0.05, 0.1) is 6.04 Å². The zero-order chi connectivity index (χ0) is 13.1. The van der Waals surface area contributed by atoms with E-state index in [4.69, 9.17) is 0 Å². The smallest absolute Gasteiger partial charge is 0.129 e. The molecule has 94 valence electrons. The number of para-hydroxylation sites is 1. The van der Waals surface area contributed by atoms with Crippen LogP contribution in [-0.4, -0.2) is 0 Å². The van der Waals surface area contributed by atoms with Gasteiger partial charge in [0.2, 0.25) is 0 Å². The Labute approximate surface area is 115 Å². The lowest BCUT2D eigenvalue weighted by Gasteiger charge is -2.18. The highest BCUT2D eigenvalue weighted by molar-refractivity contribution is 9.10. The summed E-state index contributed by atoms with van der Waals surface area (Å²) in [4.78, 5) is 0. The molecule has 0 aromatic heterocycles. The highest BCUT2D eigenvalue weighted by Crippen LogP contribution is 2.25. The summed E-state index contributed by atoms with van der Waals surface area (Å²) in [5.41, 5.74) is 2.86. The Bertz CT molecular complexity index is 554. The maximum Gasteiger partial charge on any atom is 0.129 e. The van der Waals surface area contributed by atoms with Crippen LogP contribution in [0.3, 0.4) is 0 Å². The first kappa shape index (κ1) is 13.1. The van der Waals surface area contributed by atoms with Gasteiger partial charge >= 0.3 is 0 Å². The average Bonchev–Trinajstić information content (AvgIpc) is 2.32. The molecule has 0 saturated heterocycles. The number of anilines is 1. The number of halogens is 2. The molecule has 0 heterocycles. The molecule has 0 aliphatic heterocycles. The number of hydrogen-bond acceptors (Lipinski definition) is 1. The van der Waals surface area contributed by atoms with Crippen molar-refractivity contribution >= 4 is 21.6 Å². The quantitative estimate of drug-likeness (QED) is 0.834. The minimum absolute atomic E-state index is 0.0702. The third kappa shape index (κ3) is 2.91. The fourth-order valence-corrected chi connectivity index (χ4v) is 2.23. The Kier molecular flexibility index (Phi) is 4.02. The van der Waals surface area contributed by atoms with Gasteiger partial charge in [-0.1, -0.05) is 40.2 Å². The molecular weight excluding hydrogens is 293 g/mol. The van der Waals surface area contributed by atoms with Crippen molar-refractivity contribution in [2.45, 2.75) is 19.9 Å². The summed E-state index contributed by atoms with van der Waals surface area (Å²) < 4.78 is 14.6. The van der Waals surface area contributed by atoms with Crippen LogP contribution in [0.15, 0.2) is 46.9 Å². The van der Waals surface area contributed by atoms with Gasteiger partial charge in [-0.15, -0.1) is 0 Å². The van der Waals surface area contributed by atoms with Crippen LogP contribution in [0.1, 0.15) is 24.1 Å². The second kappa shape index (κ2) is 5.53. The van der Waals surface area contributed by atoms with Crippen molar-refractivity contribution in [1.82, 2.24) is 0 Å². The zero-order valence-electron chi connectivity index (χ0n) is 10.4. The molecule has 0 bridgehead atoms. The van der Waals surface area contributed by atoms with E-state index in [1.54, 1.807) is 6.07 Å². The number of nitrogens with one attached hydrogen (secondary N) is 1. The van der Waals surface area contributed by atoms with Gasteiger partial charge in [0.25, 0.3) is 0 Å². The standard InChI is InChI=1S/C15H15BrFN/c1-10-5-3-4-6-15(10)18-11(2)13-8-7-12(16)9-14(13)17/h3-9,11,18H,1-2H3. The van der Waals surface area contributed by atoms with Gasteiger partial charge in [-0.2, -0.15) is 0 Å². The van der Waals surface area contributed by atoms with Crippen LogP contribution < -0.4 is 5.32 Å². The molecule has 0 aliphatic rings. The topological polar surface area (TPSA) is 12.0 Å². The summed E-state index contributed by atoms with van der Waals surface area (Å²) >= 11 is 3.26. The van der Waals surface area contributed by atoms with Crippen molar-refractivity contribution < 1.29 is 4.39 Å². The van der Waals surface area contributed by atoms with E-state index in [9.17, 15) is 4.39 Å². The molecule has 0 spiro atoms. The minimum atomic E-state index is -0.196. The number of hydrogen-bond donors (Lipinski definition) is 1. The van der Waals surface area contributed by atoms with Gasteiger partial charge in [-0.25, -0.2) is 4.39 Å². The van der Waals surface area contributed by atoms with Gasteiger partial charge in [0, 0.05) is 15.7 Å². The molecule has 0 fully saturated rings.